The van der Waals surface area contributed by atoms with Gasteiger partial charge in [0.1, 0.15) is 5.82 Å². The van der Waals surface area contributed by atoms with Crippen LogP contribution in [0.1, 0.15) is 18.4 Å². The van der Waals surface area contributed by atoms with Crippen molar-refractivity contribution < 1.29 is 18.7 Å². The number of ether oxygens (including phenoxy) is 1. The second-order valence-corrected chi connectivity index (χ2v) is 5.16. The van der Waals surface area contributed by atoms with Gasteiger partial charge >= 0.3 is 6.09 Å². The van der Waals surface area contributed by atoms with Crippen LogP contribution in [0.5, 0.6) is 0 Å². The number of rotatable bonds is 2. The van der Waals surface area contributed by atoms with Gasteiger partial charge in [0.15, 0.2) is 0 Å². The van der Waals surface area contributed by atoms with Crippen molar-refractivity contribution in [1.29, 1.82) is 0 Å². The zero-order chi connectivity index (χ0) is 15.4. The number of halogens is 1. The number of likely N-dealkylation sites (tertiary alicyclic amines) is 1. The molecule has 0 aliphatic carbocycles. The summed E-state index contributed by atoms with van der Waals surface area (Å²) < 4.78 is 18.1. The van der Waals surface area contributed by atoms with Gasteiger partial charge in [-0.3, -0.25) is 4.79 Å². The Morgan fingerprint density at radius 2 is 2.19 bits per heavy atom. The standard InChI is InChI=1S/C15H19FN2O3/c1-10-12(16)6-3-7-13(10)17-14(19)11-5-4-8-18(9-11)15(20)21-2/h3,6-7,11H,4-5,8-9H2,1-2H3,(H,17,19). The summed E-state index contributed by atoms with van der Waals surface area (Å²) in [5, 5.41) is 2.74. The summed E-state index contributed by atoms with van der Waals surface area (Å²) in [5.74, 6) is -0.856. The Morgan fingerprint density at radius 1 is 1.43 bits per heavy atom. The molecular weight excluding hydrogens is 275 g/mol. The first-order valence-corrected chi connectivity index (χ1v) is 6.91. The van der Waals surface area contributed by atoms with E-state index in [1.54, 1.807) is 19.1 Å². The summed E-state index contributed by atoms with van der Waals surface area (Å²) in [5.41, 5.74) is 0.877. The van der Waals surface area contributed by atoms with Crippen molar-refractivity contribution in [2.45, 2.75) is 19.8 Å². The van der Waals surface area contributed by atoms with Crippen LogP contribution in [0.25, 0.3) is 0 Å². The normalized spacial score (nSPS) is 18.2. The van der Waals surface area contributed by atoms with Crippen molar-refractivity contribution in [3.63, 3.8) is 0 Å². The van der Waals surface area contributed by atoms with E-state index in [4.69, 9.17) is 0 Å². The van der Waals surface area contributed by atoms with E-state index < -0.39 is 6.09 Å². The van der Waals surface area contributed by atoms with Crippen molar-refractivity contribution in [2.75, 3.05) is 25.5 Å². The van der Waals surface area contributed by atoms with Crippen LogP contribution in [0.15, 0.2) is 18.2 Å². The maximum absolute atomic E-state index is 13.5. The SMILES string of the molecule is COC(=O)N1CCCC(C(=O)Nc2cccc(F)c2C)C1. The number of methoxy groups -OCH3 is 1. The number of carbonyl (C=O) groups is 2. The molecule has 5 nitrogen and oxygen atoms in total. The van der Waals surface area contributed by atoms with Crippen molar-refractivity contribution in [3.8, 4) is 0 Å². The Hall–Kier alpha value is -2.11. The van der Waals surface area contributed by atoms with E-state index >= 15 is 0 Å². The molecule has 1 fully saturated rings. The van der Waals surface area contributed by atoms with Gasteiger partial charge in [0.2, 0.25) is 5.91 Å². The maximum Gasteiger partial charge on any atom is 0.409 e. The molecule has 2 amide bonds. The molecular formula is C15H19FN2O3. The third-order valence-electron chi connectivity index (χ3n) is 3.75. The molecule has 1 unspecified atom stereocenters. The van der Waals surface area contributed by atoms with E-state index in [-0.39, 0.29) is 17.6 Å². The lowest BCUT2D eigenvalue weighted by molar-refractivity contribution is -0.121. The first-order chi connectivity index (χ1) is 10.0. The topological polar surface area (TPSA) is 58.6 Å². The van der Waals surface area contributed by atoms with Crippen molar-refractivity contribution >= 4 is 17.7 Å². The van der Waals surface area contributed by atoms with Crippen LogP contribution in [0, 0.1) is 18.7 Å². The predicted octanol–water partition coefficient (Wildman–Crippen LogP) is 2.55. The first-order valence-electron chi connectivity index (χ1n) is 6.91. The van der Waals surface area contributed by atoms with E-state index in [9.17, 15) is 14.0 Å². The van der Waals surface area contributed by atoms with E-state index in [0.717, 1.165) is 6.42 Å². The zero-order valence-electron chi connectivity index (χ0n) is 12.2. The molecule has 1 aliphatic heterocycles. The van der Waals surface area contributed by atoms with Crippen LogP contribution in [0.3, 0.4) is 0 Å². The van der Waals surface area contributed by atoms with Crippen LogP contribution in [-0.4, -0.2) is 37.1 Å². The lowest BCUT2D eigenvalue weighted by Gasteiger charge is -2.31. The molecule has 0 bridgehead atoms. The van der Waals surface area contributed by atoms with E-state index in [0.29, 0.717) is 30.8 Å². The Labute approximate surface area is 123 Å². The van der Waals surface area contributed by atoms with Gasteiger partial charge < -0.3 is 15.0 Å². The number of amides is 2. The number of anilines is 1. The first kappa shape index (κ1) is 15.3. The number of carbonyl (C=O) groups excluding carboxylic acids is 2. The fourth-order valence-corrected chi connectivity index (χ4v) is 2.46. The molecule has 1 aromatic rings. The van der Waals surface area contributed by atoms with Gasteiger partial charge in [-0.2, -0.15) is 0 Å². The predicted molar refractivity (Wildman–Crippen MR) is 76.5 cm³/mol. The van der Waals surface area contributed by atoms with E-state index in [2.05, 4.69) is 10.1 Å². The minimum atomic E-state index is -0.422. The highest BCUT2D eigenvalue weighted by atomic mass is 19.1. The smallest absolute Gasteiger partial charge is 0.409 e. The molecule has 1 saturated heterocycles. The monoisotopic (exact) mass is 294 g/mol. The number of hydrogen-bond acceptors (Lipinski definition) is 3. The Bertz CT molecular complexity index is 548. The summed E-state index contributed by atoms with van der Waals surface area (Å²) in [7, 11) is 1.32. The highest BCUT2D eigenvalue weighted by Gasteiger charge is 2.29. The summed E-state index contributed by atoms with van der Waals surface area (Å²) in [6, 6.07) is 4.57. The largest absolute Gasteiger partial charge is 0.453 e. The van der Waals surface area contributed by atoms with Crippen molar-refractivity contribution in [3.05, 3.63) is 29.6 Å². The highest BCUT2D eigenvalue weighted by Crippen LogP contribution is 2.22. The van der Waals surface area contributed by atoms with Gasteiger partial charge in [-0.1, -0.05) is 6.07 Å². The van der Waals surface area contributed by atoms with Crippen LogP contribution < -0.4 is 5.32 Å². The minimum absolute atomic E-state index is 0.197. The van der Waals surface area contributed by atoms with Crippen LogP contribution >= 0.6 is 0 Å². The molecule has 1 aliphatic rings. The molecule has 6 heteroatoms. The molecule has 0 saturated carbocycles. The molecule has 0 radical (unpaired) electrons. The third kappa shape index (κ3) is 3.51. The molecule has 1 atom stereocenters. The summed E-state index contributed by atoms with van der Waals surface area (Å²) in [6.45, 7) is 2.54. The van der Waals surface area contributed by atoms with Gasteiger partial charge in [0, 0.05) is 24.3 Å². The average molecular weight is 294 g/mol. The lowest BCUT2D eigenvalue weighted by atomic mass is 9.97. The maximum atomic E-state index is 13.5. The molecule has 1 N–H and O–H groups in total. The van der Waals surface area contributed by atoms with Gasteiger partial charge in [-0.25, -0.2) is 9.18 Å². The van der Waals surface area contributed by atoms with Crippen LogP contribution in [0.4, 0.5) is 14.9 Å². The number of hydrogen-bond donors (Lipinski definition) is 1. The average Bonchev–Trinajstić information content (AvgIpc) is 2.51. The number of piperidine rings is 1. The lowest BCUT2D eigenvalue weighted by Crippen LogP contribution is -2.43. The Kier molecular flexibility index (Phi) is 4.77. The number of nitrogens with one attached hydrogen (secondary N) is 1. The summed E-state index contributed by atoms with van der Waals surface area (Å²) in [4.78, 5) is 25.3. The second kappa shape index (κ2) is 6.56. The molecule has 21 heavy (non-hydrogen) atoms. The fourth-order valence-electron chi connectivity index (χ4n) is 2.46. The van der Waals surface area contributed by atoms with Crippen molar-refractivity contribution in [2.24, 2.45) is 5.92 Å². The Balaban J connectivity index is 2.03. The molecule has 1 heterocycles. The quantitative estimate of drug-likeness (QED) is 0.912. The summed E-state index contributed by atoms with van der Waals surface area (Å²) >= 11 is 0. The second-order valence-electron chi connectivity index (χ2n) is 5.16. The Morgan fingerprint density at radius 3 is 2.90 bits per heavy atom. The molecule has 0 spiro atoms. The molecule has 0 aromatic heterocycles. The van der Waals surface area contributed by atoms with Gasteiger partial charge in [0.25, 0.3) is 0 Å². The van der Waals surface area contributed by atoms with E-state index in [1.165, 1.54) is 18.1 Å². The summed E-state index contributed by atoms with van der Waals surface area (Å²) in [6.07, 6.45) is 1.03. The van der Waals surface area contributed by atoms with Gasteiger partial charge in [-0.15, -0.1) is 0 Å². The fraction of sp³-hybridized carbons (Fsp3) is 0.467. The van der Waals surface area contributed by atoms with Crippen molar-refractivity contribution in [1.82, 2.24) is 4.90 Å². The highest BCUT2D eigenvalue weighted by molar-refractivity contribution is 5.93. The molecule has 1 aromatic carbocycles. The number of nitrogens with zero attached hydrogens (tertiary/aromatic N) is 1. The van der Waals surface area contributed by atoms with Gasteiger partial charge in [0.05, 0.1) is 13.0 Å². The van der Waals surface area contributed by atoms with E-state index in [1.807, 2.05) is 0 Å². The zero-order valence-corrected chi connectivity index (χ0v) is 12.2. The number of benzene rings is 1. The van der Waals surface area contributed by atoms with Crippen LogP contribution in [0.2, 0.25) is 0 Å². The van der Waals surface area contributed by atoms with Crippen LogP contribution in [-0.2, 0) is 9.53 Å². The minimum Gasteiger partial charge on any atom is -0.453 e. The molecule has 2 rings (SSSR count). The molecule has 114 valence electrons. The third-order valence-corrected chi connectivity index (χ3v) is 3.75. The van der Waals surface area contributed by atoms with Gasteiger partial charge in [-0.05, 0) is 31.9 Å².